The minimum atomic E-state index is -4.55. The Morgan fingerprint density at radius 2 is 1.62 bits per heavy atom. The molecule has 0 aliphatic heterocycles. The summed E-state index contributed by atoms with van der Waals surface area (Å²) in [5, 5.41) is -1.25. The Morgan fingerprint density at radius 3 is 2.24 bits per heavy atom. The average Bonchev–Trinajstić information content (AvgIpc) is 2.40. The van der Waals surface area contributed by atoms with E-state index in [9.17, 15) is 22.0 Å². The number of alkyl halides is 4. The van der Waals surface area contributed by atoms with Gasteiger partial charge in [0.2, 0.25) is 0 Å². The van der Waals surface area contributed by atoms with Gasteiger partial charge in [-0.2, -0.15) is 13.2 Å². The minimum absolute atomic E-state index is 0.0102. The van der Waals surface area contributed by atoms with Crippen molar-refractivity contribution in [1.82, 2.24) is 0 Å². The predicted molar refractivity (Wildman–Crippen MR) is 73.2 cm³/mol. The smallest absolute Gasteiger partial charge is 0.207 e. The first-order chi connectivity index (χ1) is 9.70. The lowest BCUT2D eigenvalue weighted by Crippen LogP contribution is -2.07. The molecule has 0 nitrogen and oxygen atoms in total. The van der Waals surface area contributed by atoms with Gasteiger partial charge in [-0.05, 0) is 42.0 Å². The van der Waals surface area contributed by atoms with E-state index in [1.807, 2.05) is 0 Å². The Balaban J connectivity index is 2.52. The molecule has 0 spiro atoms. The van der Waals surface area contributed by atoms with Gasteiger partial charge in [0.25, 0.3) is 0 Å². The highest BCUT2D eigenvalue weighted by Gasteiger charge is 2.32. The summed E-state index contributed by atoms with van der Waals surface area (Å²) in [5.41, 5.74) is -1.13. The molecule has 0 saturated carbocycles. The van der Waals surface area contributed by atoms with E-state index < -0.39 is 28.8 Å². The topological polar surface area (TPSA) is 0 Å². The van der Waals surface area contributed by atoms with Crippen molar-refractivity contribution in [3.8, 4) is 0 Å². The van der Waals surface area contributed by atoms with Crippen LogP contribution in [0, 0.1) is 11.6 Å². The Bertz CT molecular complexity index is 669. The van der Waals surface area contributed by atoms with Crippen molar-refractivity contribution >= 4 is 27.5 Å². The highest BCUT2D eigenvalue weighted by Crippen LogP contribution is 2.39. The van der Waals surface area contributed by atoms with Crippen LogP contribution in [0.4, 0.5) is 22.0 Å². The molecule has 0 aliphatic rings. The number of halogens is 7. The molecule has 0 radical (unpaired) electrons. The van der Waals surface area contributed by atoms with Crippen molar-refractivity contribution in [3.05, 3.63) is 69.2 Å². The Morgan fingerprint density at radius 1 is 0.952 bits per heavy atom. The van der Waals surface area contributed by atoms with Crippen LogP contribution in [0.15, 0.2) is 40.9 Å². The first kappa shape index (κ1) is 16.2. The zero-order valence-electron chi connectivity index (χ0n) is 10.2. The molecule has 0 fully saturated rings. The predicted octanol–water partition coefficient (Wildman–Crippen LogP) is 6.07. The average molecular weight is 386 g/mol. The third-order valence-electron chi connectivity index (χ3n) is 2.83. The van der Waals surface area contributed by atoms with Gasteiger partial charge in [0.05, 0.1) is 10.9 Å². The highest BCUT2D eigenvalue weighted by atomic mass is 79.9. The van der Waals surface area contributed by atoms with Crippen LogP contribution in [0.25, 0.3) is 0 Å². The number of hydrogen-bond donors (Lipinski definition) is 0. The first-order valence-corrected chi connectivity index (χ1v) is 6.88. The van der Waals surface area contributed by atoms with E-state index in [-0.39, 0.29) is 15.6 Å². The van der Waals surface area contributed by atoms with Crippen molar-refractivity contribution < 1.29 is 22.0 Å². The lowest BCUT2D eigenvalue weighted by Gasteiger charge is -2.16. The SMILES string of the molecule is Fc1ccc(F)c(C(Cl)c2cc(C(F)(F)F)ccc2Br)c1. The zero-order chi connectivity index (χ0) is 15.8. The molecule has 0 bridgehead atoms. The van der Waals surface area contributed by atoms with Gasteiger partial charge >= 0.3 is 6.18 Å². The summed E-state index contributed by atoms with van der Waals surface area (Å²) < 4.78 is 65.3. The van der Waals surface area contributed by atoms with E-state index >= 15 is 0 Å². The van der Waals surface area contributed by atoms with Crippen LogP contribution in [0.2, 0.25) is 0 Å². The Kier molecular flexibility index (Phi) is 4.58. The second-order valence-electron chi connectivity index (χ2n) is 4.26. The van der Waals surface area contributed by atoms with Crippen LogP contribution in [-0.4, -0.2) is 0 Å². The van der Waals surface area contributed by atoms with Crippen LogP contribution in [0.1, 0.15) is 22.1 Å². The molecule has 0 aromatic heterocycles. The molecule has 0 heterocycles. The summed E-state index contributed by atoms with van der Waals surface area (Å²) >= 11 is 9.10. The quantitative estimate of drug-likeness (QED) is 0.434. The summed E-state index contributed by atoms with van der Waals surface area (Å²) in [5.74, 6) is -1.51. The van der Waals surface area contributed by atoms with Gasteiger partial charge in [0, 0.05) is 10.0 Å². The van der Waals surface area contributed by atoms with Crippen LogP contribution in [-0.2, 0) is 6.18 Å². The molecular weight excluding hydrogens is 379 g/mol. The summed E-state index contributed by atoms with van der Waals surface area (Å²) in [6.07, 6.45) is -4.55. The Labute approximate surface area is 130 Å². The van der Waals surface area contributed by atoms with Crippen molar-refractivity contribution in [2.75, 3.05) is 0 Å². The molecule has 0 N–H and O–H groups in total. The van der Waals surface area contributed by atoms with E-state index in [0.29, 0.717) is 0 Å². The normalized spacial score (nSPS) is 13.3. The fraction of sp³-hybridized carbons (Fsp3) is 0.143. The summed E-state index contributed by atoms with van der Waals surface area (Å²) in [6, 6.07) is 5.50. The maximum absolute atomic E-state index is 13.7. The monoisotopic (exact) mass is 384 g/mol. The lowest BCUT2D eigenvalue weighted by molar-refractivity contribution is -0.137. The maximum atomic E-state index is 13.7. The third kappa shape index (κ3) is 3.55. The zero-order valence-corrected chi connectivity index (χ0v) is 12.5. The van der Waals surface area contributed by atoms with E-state index in [0.717, 1.165) is 30.3 Å². The standard InChI is InChI=1S/C14H7BrClF5/c15-11-3-1-7(14(19,20)21)5-9(11)13(16)10-6-8(17)2-4-12(10)18/h1-6,13H. The van der Waals surface area contributed by atoms with Gasteiger partial charge in [-0.15, -0.1) is 11.6 Å². The van der Waals surface area contributed by atoms with E-state index in [2.05, 4.69) is 15.9 Å². The van der Waals surface area contributed by atoms with E-state index in [1.165, 1.54) is 6.07 Å². The molecule has 0 saturated heterocycles. The summed E-state index contributed by atoms with van der Waals surface area (Å²) in [6.45, 7) is 0. The van der Waals surface area contributed by atoms with Gasteiger partial charge in [0.1, 0.15) is 11.6 Å². The molecule has 7 heteroatoms. The maximum Gasteiger partial charge on any atom is 0.416 e. The van der Waals surface area contributed by atoms with Gasteiger partial charge in [-0.1, -0.05) is 15.9 Å². The summed E-state index contributed by atoms with van der Waals surface area (Å²) in [7, 11) is 0. The number of hydrogen-bond acceptors (Lipinski definition) is 0. The molecule has 2 rings (SSSR count). The van der Waals surface area contributed by atoms with Gasteiger partial charge in [0.15, 0.2) is 0 Å². The molecule has 21 heavy (non-hydrogen) atoms. The van der Waals surface area contributed by atoms with Crippen molar-refractivity contribution in [3.63, 3.8) is 0 Å². The van der Waals surface area contributed by atoms with Crippen LogP contribution < -0.4 is 0 Å². The largest absolute Gasteiger partial charge is 0.416 e. The molecular formula is C14H7BrClF5. The van der Waals surface area contributed by atoms with Crippen LogP contribution in [0.5, 0.6) is 0 Å². The molecule has 0 aliphatic carbocycles. The molecule has 2 aromatic carbocycles. The van der Waals surface area contributed by atoms with Crippen LogP contribution in [0.3, 0.4) is 0 Å². The number of benzene rings is 2. The molecule has 0 amide bonds. The van der Waals surface area contributed by atoms with Crippen molar-refractivity contribution in [1.29, 1.82) is 0 Å². The fourth-order valence-electron chi connectivity index (χ4n) is 1.79. The van der Waals surface area contributed by atoms with Gasteiger partial charge in [-0.25, -0.2) is 8.78 Å². The summed E-state index contributed by atoms with van der Waals surface area (Å²) in [4.78, 5) is 0. The van der Waals surface area contributed by atoms with Crippen molar-refractivity contribution in [2.24, 2.45) is 0 Å². The van der Waals surface area contributed by atoms with E-state index in [4.69, 9.17) is 11.6 Å². The second-order valence-corrected chi connectivity index (χ2v) is 5.55. The second kappa shape index (κ2) is 5.93. The van der Waals surface area contributed by atoms with Gasteiger partial charge in [-0.3, -0.25) is 0 Å². The molecule has 1 atom stereocenters. The molecule has 2 aromatic rings. The fourth-order valence-corrected chi connectivity index (χ4v) is 2.75. The molecule has 112 valence electrons. The minimum Gasteiger partial charge on any atom is -0.207 e. The highest BCUT2D eigenvalue weighted by molar-refractivity contribution is 9.10. The third-order valence-corrected chi connectivity index (χ3v) is 4.02. The lowest BCUT2D eigenvalue weighted by atomic mass is 10.0. The first-order valence-electron chi connectivity index (χ1n) is 5.66. The van der Waals surface area contributed by atoms with Crippen molar-refractivity contribution in [2.45, 2.75) is 11.6 Å². The van der Waals surface area contributed by atoms with Gasteiger partial charge < -0.3 is 0 Å². The van der Waals surface area contributed by atoms with E-state index in [1.54, 1.807) is 0 Å². The molecule has 1 unspecified atom stereocenters. The van der Waals surface area contributed by atoms with Crippen LogP contribution >= 0.6 is 27.5 Å². The number of rotatable bonds is 2. The Hall–Kier alpha value is -1.14.